The standard InChI is InChI=1S/C15H12Cl3NO/c16-15(17,18)14(19)20-13(11-7-3-1-4-8-11)12-9-5-2-6-10-12/h1-10,13,19H/p+1. The van der Waals surface area contributed by atoms with Gasteiger partial charge in [0.25, 0.3) is 0 Å². The molecule has 0 unspecified atom stereocenters. The van der Waals surface area contributed by atoms with Gasteiger partial charge in [0.05, 0.1) is 0 Å². The fourth-order valence-electron chi connectivity index (χ4n) is 1.78. The van der Waals surface area contributed by atoms with Crippen molar-refractivity contribution < 1.29 is 10.1 Å². The first kappa shape index (κ1) is 15.2. The van der Waals surface area contributed by atoms with E-state index in [0.29, 0.717) is 0 Å². The molecule has 2 N–H and O–H groups in total. The number of alkyl halides is 3. The van der Waals surface area contributed by atoms with Crippen molar-refractivity contribution in [1.82, 2.24) is 0 Å². The van der Waals surface area contributed by atoms with Crippen LogP contribution in [0.25, 0.3) is 0 Å². The molecule has 20 heavy (non-hydrogen) atoms. The van der Waals surface area contributed by atoms with Crippen LogP contribution < -0.4 is 5.41 Å². The zero-order valence-electron chi connectivity index (χ0n) is 10.5. The summed E-state index contributed by atoms with van der Waals surface area (Å²) in [5.41, 5.74) is 1.85. The van der Waals surface area contributed by atoms with Crippen LogP contribution in [0.2, 0.25) is 0 Å². The van der Waals surface area contributed by atoms with Crippen LogP contribution in [0.15, 0.2) is 60.7 Å². The van der Waals surface area contributed by atoms with Crippen LogP contribution in [0.5, 0.6) is 0 Å². The maximum atomic E-state index is 5.75. The van der Waals surface area contributed by atoms with Gasteiger partial charge < -0.3 is 4.74 Å². The average molecular weight is 330 g/mol. The molecule has 2 aromatic rings. The smallest absolute Gasteiger partial charge is 0.387 e. The van der Waals surface area contributed by atoms with Gasteiger partial charge in [-0.1, -0.05) is 95.5 Å². The van der Waals surface area contributed by atoms with Crippen molar-refractivity contribution in [2.75, 3.05) is 0 Å². The van der Waals surface area contributed by atoms with Gasteiger partial charge in [0.1, 0.15) is 0 Å². The molecule has 0 aliphatic carbocycles. The van der Waals surface area contributed by atoms with Crippen LogP contribution in [0.4, 0.5) is 0 Å². The maximum Gasteiger partial charge on any atom is 0.387 e. The summed E-state index contributed by atoms with van der Waals surface area (Å²) in [6.07, 6.45) is -0.423. The van der Waals surface area contributed by atoms with Crippen molar-refractivity contribution in [1.29, 1.82) is 0 Å². The monoisotopic (exact) mass is 328 g/mol. The van der Waals surface area contributed by atoms with Crippen molar-refractivity contribution in [3.05, 3.63) is 71.8 Å². The minimum atomic E-state index is -1.76. The fraction of sp³-hybridized carbons (Fsp3) is 0.133. The van der Waals surface area contributed by atoms with Crippen molar-refractivity contribution in [3.63, 3.8) is 0 Å². The van der Waals surface area contributed by atoms with Gasteiger partial charge in [-0.05, 0) is 11.1 Å². The highest BCUT2D eigenvalue weighted by Crippen LogP contribution is 2.32. The van der Waals surface area contributed by atoms with Crippen molar-refractivity contribution in [2.45, 2.75) is 9.90 Å². The van der Waals surface area contributed by atoms with E-state index >= 15 is 0 Å². The van der Waals surface area contributed by atoms with Gasteiger partial charge in [-0.25, -0.2) is 5.41 Å². The third-order valence-corrected chi connectivity index (χ3v) is 3.29. The predicted octanol–water partition coefficient (Wildman–Crippen LogP) is 3.32. The first-order valence-corrected chi connectivity index (χ1v) is 7.08. The predicted molar refractivity (Wildman–Crippen MR) is 83.0 cm³/mol. The first-order valence-electron chi connectivity index (χ1n) is 5.94. The molecule has 104 valence electrons. The lowest BCUT2D eigenvalue weighted by Crippen LogP contribution is -2.49. The molecule has 0 amide bonds. The molecular weight excluding hydrogens is 317 g/mol. The van der Waals surface area contributed by atoms with Gasteiger partial charge in [0.15, 0.2) is 6.10 Å². The summed E-state index contributed by atoms with van der Waals surface area (Å²) in [6, 6.07) is 19.3. The van der Waals surface area contributed by atoms with E-state index < -0.39 is 9.90 Å². The Balaban J connectivity index is 2.34. The normalized spacial score (nSPS) is 11.4. The Morgan fingerprint density at radius 1 is 0.850 bits per heavy atom. The Kier molecular flexibility index (Phi) is 4.92. The molecule has 0 aliphatic rings. The number of rotatable bonds is 3. The minimum Gasteiger partial charge on any atom is -0.432 e. The van der Waals surface area contributed by atoms with Gasteiger partial charge in [-0.15, -0.1) is 0 Å². The molecule has 0 aliphatic heterocycles. The van der Waals surface area contributed by atoms with E-state index in [2.05, 4.69) is 0 Å². The summed E-state index contributed by atoms with van der Waals surface area (Å²) in [5, 5.41) is 5.72. The van der Waals surface area contributed by atoms with Crippen LogP contribution in [0, 0.1) is 0 Å². The number of ether oxygens (including phenoxy) is 1. The summed E-state index contributed by atoms with van der Waals surface area (Å²) in [4.78, 5) is 0. The van der Waals surface area contributed by atoms with Gasteiger partial charge in [0, 0.05) is 0 Å². The van der Waals surface area contributed by atoms with E-state index in [9.17, 15) is 0 Å². The largest absolute Gasteiger partial charge is 0.432 e. The van der Waals surface area contributed by atoms with E-state index in [4.69, 9.17) is 44.9 Å². The number of benzene rings is 2. The lowest BCUT2D eigenvalue weighted by atomic mass is 10.0. The van der Waals surface area contributed by atoms with Gasteiger partial charge >= 0.3 is 9.69 Å². The van der Waals surface area contributed by atoms with E-state index in [-0.39, 0.29) is 5.90 Å². The summed E-state index contributed by atoms with van der Waals surface area (Å²) in [7, 11) is 0. The van der Waals surface area contributed by atoms with Crippen LogP contribution >= 0.6 is 34.8 Å². The molecule has 0 spiro atoms. The average Bonchev–Trinajstić information content (AvgIpc) is 2.45. The van der Waals surface area contributed by atoms with Crippen LogP contribution in [0.3, 0.4) is 0 Å². The van der Waals surface area contributed by atoms with Crippen LogP contribution in [0.1, 0.15) is 17.2 Å². The molecule has 0 aromatic heterocycles. The van der Waals surface area contributed by atoms with Gasteiger partial charge in [0.2, 0.25) is 0 Å². The van der Waals surface area contributed by atoms with Crippen molar-refractivity contribution in [2.24, 2.45) is 0 Å². The van der Waals surface area contributed by atoms with Gasteiger partial charge in [-0.2, -0.15) is 0 Å². The highest BCUT2D eigenvalue weighted by molar-refractivity contribution is 6.75. The SMILES string of the molecule is [NH2+]=C(OC(c1ccccc1)c1ccccc1)C(Cl)(Cl)Cl. The molecule has 2 aromatic carbocycles. The first-order chi connectivity index (χ1) is 9.48. The van der Waals surface area contributed by atoms with Crippen molar-refractivity contribution in [3.8, 4) is 0 Å². The van der Waals surface area contributed by atoms with E-state index in [0.717, 1.165) is 11.1 Å². The molecule has 0 fully saturated rings. The van der Waals surface area contributed by atoms with Crippen LogP contribution in [-0.2, 0) is 4.74 Å². The number of nitrogens with two attached hydrogens (primary N) is 1. The molecule has 5 heteroatoms. The Morgan fingerprint density at radius 2 is 1.25 bits per heavy atom. The Morgan fingerprint density at radius 3 is 1.60 bits per heavy atom. The minimum absolute atomic E-state index is 0.153. The molecular formula is C15H13Cl3NO+. The molecule has 0 saturated carbocycles. The van der Waals surface area contributed by atoms with E-state index in [1.807, 2.05) is 60.7 Å². The molecule has 0 saturated heterocycles. The Labute approximate surface area is 132 Å². The number of hydrogen-bond acceptors (Lipinski definition) is 1. The molecule has 0 bridgehead atoms. The lowest BCUT2D eigenvalue weighted by molar-refractivity contribution is -0.146. The summed E-state index contributed by atoms with van der Waals surface area (Å²) < 4.78 is 3.92. The number of hydrogen-bond donors (Lipinski definition) is 1. The third-order valence-electron chi connectivity index (χ3n) is 2.73. The highest BCUT2D eigenvalue weighted by Gasteiger charge is 2.37. The summed E-state index contributed by atoms with van der Waals surface area (Å²) in [5.74, 6) is -0.153. The highest BCUT2D eigenvalue weighted by atomic mass is 35.6. The van der Waals surface area contributed by atoms with Gasteiger partial charge in [-0.3, -0.25) is 0 Å². The molecule has 0 radical (unpaired) electrons. The fourth-order valence-corrected chi connectivity index (χ4v) is 1.91. The number of halogens is 3. The quantitative estimate of drug-likeness (QED) is 0.523. The van der Waals surface area contributed by atoms with E-state index in [1.165, 1.54) is 0 Å². The molecule has 2 nitrogen and oxygen atoms in total. The maximum absolute atomic E-state index is 5.75. The summed E-state index contributed by atoms with van der Waals surface area (Å²) in [6.45, 7) is 0. The zero-order valence-corrected chi connectivity index (χ0v) is 12.7. The third kappa shape index (κ3) is 3.89. The topological polar surface area (TPSA) is 34.8 Å². The van der Waals surface area contributed by atoms with E-state index in [1.54, 1.807) is 0 Å². The second-order valence-electron chi connectivity index (χ2n) is 4.18. The second kappa shape index (κ2) is 6.49. The Hall–Kier alpha value is -1.22. The Bertz CT molecular complexity index is 527. The molecule has 0 atom stereocenters. The zero-order chi connectivity index (χ0) is 14.6. The second-order valence-corrected chi connectivity index (χ2v) is 6.46. The lowest BCUT2D eigenvalue weighted by Gasteiger charge is -2.20. The summed E-state index contributed by atoms with van der Waals surface area (Å²) >= 11 is 17.2. The molecule has 2 rings (SSSR count). The van der Waals surface area contributed by atoms with Crippen LogP contribution in [-0.4, -0.2) is 9.69 Å². The van der Waals surface area contributed by atoms with Crippen molar-refractivity contribution >= 4 is 40.7 Å². The molecule has 0 heterocycles.